The van der Waals surface area contributed by atoms with Crippen molar-refractivity contribution in [2.24, 2.45) is 0 Å². The highest BCUT2D eigenvalue weighted by molar-refractivity contribution is 6.31. The first kappa shape index (κ1) is 12.2. The van der Waals surface area contributed by atoms with Gasteiger partial charge in [0, 0.05) is 10.6 Å². The van der Waals surface area contributed by atoms with E-state index >= 15 is 0 Å². The molecule has 3 aromatic rings. The van der Waals surface area contributed by atoms with Gasteiger partial charge in [0.15, 0.2) is 5.58 Å². The Morgan fingerprint density at radius 2 is 1.79 bits per heavy atom. The molecule has 0 aliphatic heterocycles. The number of benzene rings is 2. The summed E-state index contributed by atoms with van der Waals surface area (Å²) in [4.78, 5) is 4.55. The van der Waals surface area contributed by atoms with Crippen LogP contribution in [0, 0.1) is 20.8 Å². The van der Waals surface area contributed by atoms with Crippen molar-refractivity contribution >= 4 is 22.7 Å². The Hall–Kier alpha value is -1.80. The molecular formula is C16H14ClNO. The van der Waals surface area contributed by atoms with Crippen molar-refractivity contribution in [3.63, 3.8) is 0 Å². The Morgan fingerprint density at radius 3 is 2.53 bits per heavy atom. The number of halogens is 1. The van der Waals surface area contributed by atoms with Gasteiger partial charge in [-0.15, -0.1) is 0 Å². The van der Waals surface area contributed by atoms with E-state index in [0.29, 0.717) is 5.89 Å². The van der Waals surface area contributed by atoms with E-state index in [1.54, 1.807) is 0 Å². The Morgan fingerprint density at radius 1 is 1.00 bits per heavy atom. The molecule has 0 saturated heterocycles. The van der Waals surface area contributed by atoms with E-state index in [4.69, 9.17) is 16.0 Å². The molecule has 2 nitrogen and oxygen atoms in total. The number of hydrogen-bond acceptors (Lipinski definition) is 2. The molecule has 0 amide bonds. The summed E-state index contributed by atoms with van der Waals surface area (Å²) in [5.41, 5.74) is 5.98. The zero-order chi connectivity index (χ0) is 13.6. The van der Waals surface area contributed by atoms with Crippen molar-refractivity contribution in [2.45, 2.75) is 20.8 Å². The second-order valence-electron chi connectivity index (χ2n) is 4.91. The second-order valence-corrected chi connectivity index (χ2v) is 5.32. The smallest absolute Gasteiger partial charge is 0.227 e. The van der Waals surface area contributed by atoms with Gasteiger partial charge in [0.05, 0.1) is 0 Å². The first-order chi connectivity index (χ1) is 9.04. The van der Waals surface area contributed by atoms with Gasteiger partial charge < -0.3 is 4.42 Å². The van der Waals surface area contributed by atoms with Gasteiger partial charge in [0.2, 0.25) is 5.89 Å². The van der Waals surface area contributed by atoms with Crippen LogP contribution in [0.5, 0.6) is 0 Å². The lowest BCUT2D eigenvalue weighted by Gasteiger charge is -1.99. The maximum absolute atomic E-state index is 6.15. The maximum atomic E-state index is 6.15. The molecule has 0 unspecified atom stereocenters. The summed E-state index contributed by atoms with van der Waals surface area (Å²) in [5, 5.41) is 0.729. The van der Waals surface area contributed by atoms with Crippen LogP contribution in [0.2, 0.25) is 5.02 Å². The topological polar surface area (TPSA) is 26.0 Å². The predicted molar refractivity (Wildman–Crippen MR) is 78.7 cm³/mol. The number of hydrogen-bond donors (Lipinski definition) is 0. The van der Waals surface area contributed by atoms with Crippen LogP contribution in [0.1, 0.15) is 16.7 Å². The highest BCUT2D eigenvalue weighted by Gasteiger charge is 2.11. The lowest BCUT2D eigenvalue weighted by molar-refractivity contribution is 0.617. The third-order valence-electron chi connectivity index (χ3n) is 3.24. The maximum Gasteiger partial charge on any atom is 0.227 e. The summed E-state index contributed by atoms with van der Waals surface area (Å²) < 4.78 is 5.86. The van der Waals surface area contributed by atoms with Crippen LogP contribution in [0.4, 0.5) is 0 Å². The summed E-state index contributed by atoms with van der Waals surface area (Å²) in [6, 6.07) is 9.98. The monoisotopic (exact) mass is 271 g/mol. The molecule has 19 heavy (non-hydrogen) atoms. The molecule has 96 valence electrons. The number of aromatic nitrogens is 1. The molecule has 0 N–H and O–H groups in total. The van der Waals surface area contributed by atoms with E-state index < -0.39 is 0 Å². The largest absolute Gasteiger partial charge is 0.436 e. The molecule has 3 rings (SSSR count). The Balaban J connectivity index is 2.20. The third-order valence-corrected chi connectivity index (χ3v) is 3.65. The SMILES string of the molecule is Cc1cc(C)c2oc(-c3ccc(C)c(Cl)c3)nc2c1. The van der Waals surface area contributed by atoms with E-state index in [9.17, 15) is 0 Å². The zero-order valence-corrected chi connectivity index (χ0v) is 11.9. The normalized spacial score (nSPS) is 11.2. The van der Waals surface area contributed by atoms with Gasteiger partial charge in [-0.05, 0) is 55.7 Å². The minimum Gasteiger partial charge on any atom is -0.436 e. The highest BCUT2D eigenvalue weighted by atomic mass is 35.5. The molecule has 0 aliphatic carbocycles. The summed E-state index contributed by atoms with van der Waals surface area (Å²) >= 11 is 6.15. The molecule has 0 bridgehead atoms. The van der Waals surface area contributed by atoms with Gasteiger partial charge in [-0.3, -0.25) is 0 Å². The fourth-order valence-electron chi connectivity index (χ4n) is 2.23. The van der Waals surface area contributed by atoms with Crippen LogP contribution in [0.25, 0.3) is 22.6 Å². The van der Waals surface area contributed by atoms with Crippen molar-refractivity contribution in [2.75, 3.05) is 0 Å². The van der Waals surface area contributed by atoms with Crippen LogP contribution < -0.4 is 0 Å². The van der Waals surface area contributed by atoms with Crippen LogP contribution in [0.3, 0.4) is 0 Å². The van der Waals surface area contributed by atoms with Crippen molar-refractivity contribution in [1.29, 1.82) is 0 Å². The molecule has 0 atom stereocenters. The zero-order valence-electron chi connectivity index (χ0n) is 11.1. The molecule has 0 saturated carbocycles. The number of oxazole rings is 1. The highest BCUT2D eigenvalue weighted by Crippen LogP contribution is 2.29. The van der Waals surface area contributed by atoms with E-state index in [0.717, 1.165) is 32.8 Å². The van der Waals surface area contributed by atoms with Crippen LogP contribution >= 0.6 is 11.6 Å². The van der Waals surface area contributed by atoms with Crippen molar-refractivity contribution < 1.29 is 4.42 Å². The molecular weight excluding hydrogens is 258 g/mol. The number of fused-ring (bicyclic) bond motifs is 1. The first-order valence-electron chi connectivity index (χ1n) is 6.19. The molecule has 2 aromatic carbocycles. The van der Waals surface area contributed by atoms with Crippen LogP contribution in [-0.2, 0) is 0 Å². The predicted octanol–water partition coefficient (Wildman–Crippen LogP) is 5.07. The lowest BCUT2D eigenvalue weighted by atomic mass is 10.1. The summed E-state index contributed by atoms with van der Waals surface area (Å²) in [6.45, 7) is 6.07. The van der Waals surface area contributed by atoms with Crippen LogP contribution in [0.15, 0.2) is 34.7 Å². The van der Waals surface area contributed by atoms with E-state index in [1.165, 1.54) is 5.56 Å². The van der Waals surface area contributed by atoms with Gasteiger partial charge in [-0.2, -0.15) is 0 Å². The lowest BCUT2D eigenvalue weighted by Crippen LogP contribution is -1.80. The van der Waals surface area contributed by atoms with Gasteiger partial charge in [-0.25, -0.2) is 4.98 Å². The molecule has 0 radical (unpaired) electrons. The minimum atomic E-state index is 0.616. The average Bonchev–Trinajstić information content (AvgIpc) is 2.76. The van der Waals surface area contributed by atoms with Gasteiger partial charge in [0.1, 0.15) is 5.52 Å². The number of nitrogens with zero attached hydrogens (tertiary/aromatic N) is 1. The summed E-state index contributed by atoms with van der Waals surface area (Å²) in [7, 11) is 0. The van der Waals surface area contributed by atoms with Gasteiger partial charge in [0.25, 0.3) is 0 Å². The van der Waals surface area contributed by atoms with E-state index in [1.807, 2.05) is 38.1 Å². The minimum absolute atomic E-state index is 0.616. The molecule has 0 spiro atoms. The quantitative estimate of drug-likeness (QED) is 0.617. The van der Waals surface area contributed by atoms with Crippen molar-refractivity contribution in [3.8, 4) is 11.5 Å². The Labute approximate surface area is 117 Å². The number of aryl methyl sites for hydroxylation is 3. The molecule has 3 heteroatoms. The average molecular weight is 272 g/mol. The molecule has 1 heterocycles. The second kappa shape index (κ2) is 4.39. The van der Waals surface area contributed by atoms with E-state index in [-0.39, 0.29) is 0 Å². The molecule has 1 aromatic heterocycles. The van der Waals surface area contributed by atoms with Crippen molar-refractivity contribution in [3.05, 3.63) is 52.0 Å². The standard InChI is InChI=1S/C16H14ClNO/c1-9-6-11(3)15-14(7-9)18-16(19-15)12-5-4-10(2)13(17)8-12/h4-8H,1-3H3. The number of rotatable bonds is 1. The third kappa shape index (κ3) is 2.13. The van der Waals surface area contributed by atoms with Gasteiger partial charge in [-0.1, -0.05) is 23.7 Å². The van der Waals surface area contributed by atoms with Crippen molar-refractivity contribution in [1.82, 2.24) is 4.98 Å². The molecule has 0 aliphatic rings. The summed E-state index contributed by atoms with van der Waals surface area (Å²) in [6.07, 6.45) is 0. The first-order valence-corrected chi connectivity index (χ1v) is 6.57. The van der Waals surface area contributed by atoms with E-state index in [2.05, 4.69) is 18.0 Å². The molecule has 0 fully saturated rings. The Bertz CT molecular complexity index is 774. The van der Waals surface area contributed by atoms with Crippen LogP contribution in [-0.4, -0.2) is 4.98 Å². The Kier molecular flexibility index (Phi) is 2.83. The fourth-order valence-corrected chi connectivity index (χ4v) is 2.41. The van der Waals surface area contributed by atoms with Gasteiger partial charge >= 0.3 is 0 Å². The summed E-state index contributed by atoms with van der Waals surface area (Å²) in [5.74, 6) is 0.616. The fraction of sp³-hybridized carbons (Fsp3) is 0.188.